The van der Waals surface area contributed by atoms with Crippen molar-refractivity contribution in [2.75, 3.05) is 0 Å². The summed E-state index contributed by atoms with van der Waals surface area (Å²) in [6.45, 7) is 1.85. The molecule has 8 nitrogen and oxygen atoms in total. The number of carbonyl (C=O) groups excluding carboxylic acids is 1. The van der Waals surface area contributed by atoms with Gasteiger partial charge >= 0.3 is 5.97 Å². The highest BCUT2D eigenvalue weighted by Crippen LogP contribution is 2.32. The lowest BCUT2D eigenvalue weighted by atomic mass is 9.97. The van der Waals surface area contributed by atoms with Gasteiger partial charge in [-0.1, -0.05) is 64.9 Å². The molecule has 39 heavy (non-hydrogen) atoms. The molecule has 0 aliphatic rings. The molecule has 0 unspecified atom stereocenters. The molecule has 2 aromatic heterocycles. The Kier molecular flexibility index (Phi) is 6.13. The van der Waals surface area contributed by atoms with Crippen LogP contribution in [-0.2, 0) is 6.42 Å². The summed E-state index contributed by atoms with van der Waals surface area (Å²) in [5.41, 5.74) is 4.97. The highest BCUT2D eigenvalue weighted by Gasteiger charge is 2.22. The molecule has 0 bridgehead atoms. The summed E-state index contributed by atoms with van der Waals surface area (Å²) < 4.78 is 10.7. The van der Waals surface area contributed by atoms with E-state index >= 15 is 0 Å². The van der Waals surface area contributed by atoms with Gasteiger partial charge in [-0.3, -0.25) is 4.79 Å². The zero-order valence-electron chi connectivity index (χ0n) is 20.9. The minimum Gasteiger partial charge on any atom is -0.478 e. The molecule has 6 aromatic rings. The minimum absolute atomic E-state index is 0.184. The van der Waals surface area contributed by atoms with Gasteiger partial charge in [0.05, 0.1) is 34.4 Å². The number of aromatic carboxylic acids is 1. The van der Waals surface area contributed by atoms with Crippen LogP contribution >= 0.6 is 0 Å². The number of amides is 1. The van der Waals surface area contributed by atoms with E-state index in [-0.39, 0.29) is 17.5 Å². The molecule has 0 spiro atoms. The highest BCUT2D eigenvalue weighted by atomic mass is 16.5. The van der Waals surface area contributed by atoms with Gasteiger partial charge in [0.25, 0.3) is 5.91 Å². The van der Waals surface area contributed by atoms with Crippen LogP contribution in [0.3, 0.4) is 0 Å². The highest BCUT2D eigenvalue weighted by molar-refractivity contribution is 6.08. The predicted octanol–water partition coefficient (Wildman–Crippen LogP) is 6.42. The molecule has 0 saturated carbocycles. The van der Waals surface area contributed by atoms with Crippen LogP contribution in [0, 0.1) is 0 Å². The van der Waals surface area contributed by atoms with Crippen molar-refractivity contribution in [2.24, 2.45) is 0 Å². The van der Waals surface area contributed by atoms with Crippen LogP contribution in [-0.4, -0.2) is 27.3 Å². The van der Waals surface area contributed by atoms with E-state index in [0.717, 1.165) is 21.9 Å². The third kappa shape index (κ3) is 4.75. The Bertz CT molecular complexity index is 1820. The van der Waals surface area contributed by atoms with Crippen molar-refractivity contribution >= 4 is 33.6 Å². The number of rotatable bonds is 7. The van der Waals surface area contributed by atoms with Crippen LogP contribution < -0.4 is 5.32 Å². The number of hydrogen-bond acceptors (Lipinski definition) is 6. The lowest BCUT2D eigenvalue weighted by Crippen LogP contribution is -2.27. The van der Waals surface area contributed by atoms with Gasteiger partial charge in [-0.2, -0.15) is 0 Å². The van der Waals surface area contributed by atoms with Crippen molar-refractivity contribution in [3.8, 4) is 11.1 Å². The molecule has 0 saturated heterocycles. The first-order valence-corrected chi connectivity index (χ1v) is 12.4. The van der Waals surface area contributed by atoms with Gasteiger partial charge in [0, 0.05) is 12.0 Å². The Labute approximate surface area is 222 Å². The Morgan fingerprint density at radius 3 is 2.49 bits per heavy atom. The minimum atomic E-state index is -1.00. The standard InChI is InChI=1S/C31H23N3O5/c1-18(20-8-10-22(11-9-20)31(36)37)33-30(35)26-14-24(25-16-32-38-17-25)15-28-29(26)27(34-39-28)13-19-6-7-21-4-2-3-5-23(21)12-19/h2-12,14-18H,13H2,1H3,(H,33,35)(H,36,37)/t18-/m0/s1. The van der Waals surface area contributed by atoms with Gasteiger partial charge in [0.15, 0.2) is 5.58 Å². The number of carbonyl (C=O) groups is 2. The van der Waals surface area contributed by atoms with Gasteiger partial charge in [-0.05, 0) is 58.7 Å². The van der Waals surface area contributed by atoms with Gasteiger partial charge in [0.2, 0.25) is 0 Å². The van der Waals surface area contributed by atoms with Crippen molar-refractivity contribution in [3.05, 3.63) is 119 Å². The smallest absolute Gasteiger partial charge is 0.335 e. The molecule has 0 fully saturated rings. The molecule has 0 aliphatic carbocycles. The van der Waals surface area contributed by atoms with Gasteiger partial charge in [-0.25, -0.2) is 4.79 Å². The summed E-state index contributed by atoms with van der Waals surface area (Å²) in [5.74, 6) is -1.31. The molecule has 0 radical (unpaired) electrons. The first-order chi connectivity index (χ1) is 19.0. The normalized spacial score (nSPS) is 12.0. The number of fused-ring (bicyclic) bond motifs is 2. The zero-order chi connectivity index (χ0) is 26.9. The summed E-state index contributed by atoms with van der Waals surface area (Å²) >= 11 is 0. The Morgan fingerprint density at radius 2 is 1.74 bits per heavy atom. The lowest BCUT2D eigenvalue weighted by molar-refractivity contribution is 0.0696. The number of nitrogens with one attached hydrogen (secondary N) is 1. The molecule has 192 valence electrons. The Morgan fingerprint density at radius 1 is 0.949 bits per heavy atom. The maximum atomic E-state index is 13.7. The lowest BCUT2D eigenvalue weighted by Gasteiger charge is -2.16. The van der Waals surface area contributed by atoms with E-state index < -0.39 is 5.97 Å². The SMILES string of the molecule is C[C@H](NC(=O)c1cc(-c2cnoc2)cc2onc(Cc3ccc4ccccc4c3)c12)c1ccc(C(=O)O)cc1. The zero-order valence-corrected chi connectivity index (χ0v) is 20.9. The molecule has 8 heteroatoms. The van der Waals surface area contributed by atoms with Crippen LogP contribution in [0.15, 0.2) is 100 Å². The third-order valence-corrected chi connectivity index (χ3v) is 6.85. The van der Waals surface area contributed by atoms with E-state index in [1.54, 1.807) is 24.4 Å². The number of benzene rings is 4. The number of carboxylic acids is 1. The average Bonchev–Trinajstić information content (AvgIpc) is 3.63. The number of nitrogens with zero attached hydrogens (tertiary/aromatic N) is 2. The summed E-state index contributed by atoms with van der Waals surface area (Å²) in [6.07, 6.45) is 3.56. The van der Waals surface area contributed by atoms with E-state index in [4.69, 9.17) is 9.05 Å². The van der Waals surface area contributed by atoms with Crippen molar-refractivity contribution in [2.45, 2.75) is 19.4 Å². The molecular weight excluding hydrogens is 494 g/mol. The van der Waals surface area contributed by atoms with Gasteiger partial charge < -0.3 is 19.5 Å². The molecule has 6 rings (SSSR count). The second-order valence-corrected chi connectivity index (χ2v) is 9.42. The third-order valence-electron chi connectivity index (χ3n) is 6.85. The van der Waals surface area contributed by atoms with Crippen LogP contribution in [0.2, 0.25) is 0 Å². The second kappa shape index (κ2) is 9.90. The van der Waals surface area contributed by atoms with E-state index in [2.05, 4.69) is 46.0 Å². The average molecular weight is 518 g/mol. The van der Waals surface area contributed by atoms with Crippen molar-refractivity contribution in [1.82, 2.24) is 15.6 Å². The van der Waals surface area contributed by atoms with Crippen LogP contribution in [0.1, 0.15) is 50.5 Å². The fourth-order valence-electron chi connectivity index (χ4n) is 4.76. The fraction of sp³-hybridized carbons (Fsp3) is 0.0968. The second-order valence-electron chi connectivity index (χ2n) is 9.42. The van der Waals surface area contributed by atoms with Gasteiger partial charge in [-0.15, -0.1) is 0 Å². The number of aromatic nitrogens is 2. The topological polar surface area (TPSA) is 118 Å². The van der Waals surface area contributed by atoms with Crippen LogP contribution in [0.4, 0.5) is 0 Å². The first kappa shape index (κ1) is 24.1. The quantitative estimate of drug-likeness (QED) is 0.251. The van der Waals surface area contributed by atoms with Gasteiger partial charge in [0.1, 0.15) is 6.26 Å². The first-order valence-electron chi connectivity index (χ1n) is 12.4. The summed E-state index contributed by atoms with van der Waals surface area (Å²) in [6, 6.07) is 24.0. The maximum Gasteiger partial charge on any atom is 0.335 e. The Balaban J connectivity index is 1.38. The van der Waals surface area contributed by atoms with Crippen LogP contribution in [0.25, 0.3) is 32.9 Å². The maximum absolute atomic E-state index is 13.7. The molecule has 0 aliphatic heterocycles. The Hall–Kier alpha value is -5.24. The van der Waals surface area contributed by atoms with Crippen molar-refractivity contribution in [1.29, 1.82) is 0 Å². The summed E-state index contributed by atoms with van der Waals surface area (Å²) in [7, 11) is 0. The van der Waals surface area contributed by atoms with Crippen LogP contribution in [0.5, 0.6) is 0 Å². The fourth-order valence-corrected chi connectivity index (χ4v) is 4.76. The van der Waals surface area contributed by atoms with E-state index in [9.17, 15) is 14.7 Å². The molecule has 2 heterocycles. The summed E-state index contributed by atoms with van der Waals surface area (Å²) in [5, 5.41) is 23.3. The largest absolute Gasteiger partial charge is 0.478 e. The monoisotopic (exact) mass is 517 g/mol. The van der Waals surface area contributed by atoms with Crippen molar-refractivity contribution in [3.63, 3.8) is 0 Å². The summed E-state index contributed by atoms with van der Waals surface area (Å²) in [4.78, 5) is 24.9. The molecule has 4 aromatic carbocycles. The molecule has 2 N–H and O–H groups in total. The molecule has 1 amide bonds. The molecule has 1 atom stereocenters. The number of carboxylic acid groups (broad SMARTS) is 1. The number of hydrogen-bond donors (Lipinski definition) is 2. The van der Waals surface area contributed by atoms with E-state index in [1.165, 1.54) is 18.4 Å². The van der Waals surface area contributed by atoms with E-state index in [1.807, 2.05) is 25.1 Å². The van der Waals surface area contributed by atoms with E-state index in [0.29, 0.717) is 39.8 Å². The predicted molar refractivity (Wildman–Crippen MR) is 146 cm³/mol. The van der Waals surface area contributed by atoms with Crippen molar-refractivity contribution < 1.29 is 23.7 Å². The molecular formula is C31H23N3O5.